The van der Waals surface area contributed by atoms with Gasteiger partial charge in [0.05, 0.1) is 12.2 Å². The first-order valence-corrected chi connectivity index (χ1v) is 9.52. The van der Waals surface area contributed by atoms with Gasteiger partial charge in [-0.1, -0.05) is 25.1 Å². The van der Waals surface area contributed by atoms with Crippen LogP contribution < -0.4 is 10.9 Å². The number of piperazine rings is 1. The van der Waals surface area contributed by atoms with Gasteiger partial charge in [0.1, 0.15) is 5.69 Å². The highest BCUT2D eigenvalue weighted by Crippen LogP contribution is 2.08. The maximum Gasteiger partial charge on any atom is 0.274 e. The summed E-state index contributed by atoms with van der Waals surface area (Å²) in [6, 6.07) is 11.8. The van der Waals surface area contributed by atoms with Crippen molar-refractivity contribution < 1.29 is 9.59 Å². The van der Waals surface area contributed by atoms with Gasteiger partial charge in [-0.15, -0.1) is 0 Å². The zero-order valence-corrected chi connectivity index (χ0v) is 16.0. The molecule has 1 aliphatic rings. The summed E-state index contributed by atoms with van der Waals surface area (Å²) in [5.74, 6) is -0.196. The van der Waals surface area contributed by atoms with Crippen molar-refractivity contribution in [3.63, 3.8) is 0 Å². The smallest absolute Gasteiger partial charge is 0.274 e. The first-order valence-electron chi connectivity index (χ1n) is 9.52. The molecule has 1 aromatic carbocycles. The Bertz CT molecular complexity index is 873. The molecular formula is C20H25N5O3. The second kappa shape index (κ2) is 9.27. The lowest BCUT2D eigenvalue weighted by Gasteiger charge is -2.34. The Morgan fingerprint density at radius 3 is 2.43 bits per heavy atom. The number of aromatic nitrogens is 2. The van der Waals surface area contributed by atoms with E-state index in [4.69, 9.17) is 0 Å². The molecule has 2 aromatic rings. The number of hydrogen-bond acceptors (Lipinski definition) is 5. The standard InChI is InChI=1S/C20H25N5O3/c1-2-10-21-18(26)15-23-11-13-24(14-12-23)20(28)17-8-9-19(27)25(22-17)16-6-4-3-5-7-16/h3-9H,2,10-15H2,1H3,(H,21,26). The van der Waals surface area contributed by atoms with Crippen molar-refractivity contribution in [3.05, 3.63) is 58.5 Å². The molecule has 1 aliphatic heterocycles. The zero-order chi connectivity index (χ0) is 19.9. The molecule has 3 rings (SSSR count). The lowest BCUT2D eigenvalue weighted by molar-refractivity contribution is -0.122. The monoisotopic (exact) mass is 383 g/mol. The molecule has 2 heterocycles. The molecule has 0 radical (unpaired) electrons. The Morgan fingerprint density at radius 2 is 1.75 bits per heavy atom. The molecule has 1 fully saturated rings. The van der Waals surface area contributed by atoms with Crippen LogP contribution in [0.15, 0.2) is 47.3 Å². The van der Waals surface area contributed by atoms with Crippen molar-refractivity contribution in [2.45, 2.75) is 13.3 Å². The van der Waals surface area contributed by atoms with E-state index >= 15 is 0 Å². The van der Waals surface area contributed by atoms with Gasteiger partial charge in [-0.25, -0.2) is 0 Å². The number of nitrogens with one attached hydrogen (secondary N) is 1. The van der Waals surface area contributed by atoms with Crippen LogP contribution >= 0.6 is 0 Å². The highest BCUT2D eigenvalue weighted by Gasteiger charge is 2.24. The van der Waals surface area contributed by atoms with E-state index in [-0.39, 0.29) is 23.1 Å². The predicted molar refractivity (Wildman–Crippen MR) is 105 cm³/mol. The van der Waals surface area contributed by atoms with Gasteiger partial charge in [-0.3, -0.25) is 19.3 Å². The van der Waals surface area contributed by atoms with E-state index in [0.717, 1.165) is 6.42 Å². The summed E-state index contributed by atoms with van der Waals surface area (Å²) in [6.45, 7) is 5.34. The summed E-state index contributed by atoms with van der Waals surface area (Å²) >= 11 is 0. The number of rotatable bonds is 6. The fourth-order valence-corrected chi connectivity index (χ4v) is 3.07. The summed E-state index contributed by atoms with van der Waals surface area (Å²) in [7, 11) is 0. The molecule has 148 valence electrons. The number of benzene rings is 1. The minimum absolute atomic E-state index is 0.0123. The van der Waals surface area contributed by atoms with Crippen LogP contribution in [0.5, 0.6) is 0 Å². The van der Waals surface area contributed by atoms with Crippen molar-refractivity contribution in [3.8, 4) is 5.69 Å². The summed E-state index contributed by atoms with van der Waals surface area (Å²) in [5.41, 5.74) is 0.563. The lowest BCUT2D eigenvalue weighted by Crippen LogP contribution is -2.51. The SMILES string of the molecule is CCCNC(=O)CN1CCN(C(=O)c2ccc(=O)n(-c3ccccc3)n2)CC1. The second-order valence-corrected chi connectivity index (χ2v) is 6.72. The highest BCUT2D eigenvalue weighted by atomic mass is 16.2. The molecule has 2 amide bonds. The predicted octanol–water partition coefficient (Wildman–Crippen LogP) is 0.517. The molecule has 0 unspecified atom stereocenters. The van der Waals surface area contributed by atoms with Crippen LogP contribution in [-0.2, 0) is 4.79 Å². The van der Waals surface area contributed by atoms with Crippen molar-refractivity contribution in [1.82, 2.24) is 24.9 Å². The molecule has 8 nitrogen and oxygen atoms in total. The Hall–Kier alpha value is -3.00. The highest BCUT2D eigenvalue weighted by molar-refractivity contribution is 5.92. The quantitative estimate of drug-likeness (QED) is 0.786. The molecular weight excluding hydrogens is 358 g/mol. The molecule has 1 saturated heterocycles. The number of para-hydroxylation sites is 1. The molecule has 0 atom stereocenters. The van der Waals surface area contributed by atoms with Crippen molar-refractivity contribution in [2.75, 3.05) is 39.3 Å². The number of nitrogens with zero attached hydrogens (tertiary/aromatic N) is 4. The van der Waals surface area contributed by atoms with E-state index in [1.807, 2.05) is 30.0 Å². The van der Waals surface area contributed by atoms with Gasteiger partial charge < -0.3 is 10.2 Å². The summed E-state index contributed by atoms with van der Waals surface area (Å²) < 4.78 is 1.24. The first-order chi connectivity index (χ1) is 13.6. The minimum Gasteiger partial charge on any atom is -0.355 e. The van der Waals surface area contributed by atoms with Gasteiger partial charge in [0, 0.05) is 38.8 Å². The van der Waals surface area contributed by atoms with Gasteiger partial charge in [0.15, 0.2) is 0 Å². The fourth-order valence-electron chi connectivity index (χ4n) is 3.07. The number of amides is 2. The molecule has 1 aromatic heterocycles. The van der Waals surface area contributed by atoms with Gasteiger partial charge in [-0.05, 0) is 24.6 Å². The van der Waals surface area contributed by atoms with Crippen LogP contribution in [0.4, 0.5) is 0 Å². The Labute approximate surface area is 163 Å². The second-order valence-electron chi connectivity index (χ2n) is 6.72. The number of hydrogen-bond donors (Lipinski definition) is 1. The van der Waals surface area contributed by atoms with Crippen molar-refractivity contribution in [2.24, 2.45) is 0 Å². The zero-order valence-electron chi connectivity index (χ0n) is 16.0. The third-order valence-electron chi connectivity index (χ3n) is 4.62. The first kappa shape index (κ1) is 19.8. The maximum atomic E-state index is 12.8. The van der Waals surface area contributed by atoms with E-state index in [2.05, 4.69) is 10.4 Å². The van der Waals surface area contributed by atoms with E-state index < -0.39 is 0 Å². The Morgan fingerprint density at radius 1 is 1.04 bits per heavy atom. The fraction of sp³-hybridized carbons (Fsp3) is 0.400. The molecule has 0 saturated carbocycles. The summed E-state index contributed by atoms with van der Waals surface area (Å²) in [4.78, 5) is 40.5. The summed E-state index contributed by atoms with van der Waals surface area (Å²) in [6.07, 6.45) is 0.909. The van der Waals surface area contributed by atoms with Gasteiger partial charge in [-0.2, -0.15) is 9.78 Å². The Balaban J connectivity index is 1.63. The Kier molecular flexibility index (Phi) is 6.54. The maximum absolute atomic E-state index is 12.8. The van der Waals surface area contributed by atoms with Crippen LogP contribution in [0.2, 0.25) is 0 Å². The minimum atomic E-state index is -0.286. The van der Waals surface area contributed by atoms with E-state index in [9.17, 15) is 14.4 Å². The third-order valence-corrected chi connectivity index (χ3v) is 4.62. The van der Waals surface area contributed by atoms with Crippen LogP contribution in [0.3, 0.4) is 0 Å². The molecule has 28 heavy (non-hydrogen) atoms. The topological polar surface area (TPSA) is 87.5 Å². The molecule has 0 bridgehead atoms. The largest absolute Gasteiger partial charge is 0.355 e. The van der Waals surface area contributed by atoms with Gasteiger partial charge in [0.25, 0.3) is 11.5 Å². The summed E-state index contributed by atoms with van der Waals surface area (Å²) in [5, 5.41) is 7.12. The molecule has 8 heteroatoms. The van der Waals surface area contributed by atoms with Crippen LogP contribution in [0.25, 0.3) is 5.69 Å². The van der Waals surface area contributed by atoms with Crippen molar-refractivity contribution >= 4 is 11.8 Å². The number of carbonyl (C=O) groups is 2. The van der Waals surface area contributed by atoms with Crippen molar-refractivity contribution in [1.29, 1.82) is 0 Å². The third kappa shape index (κ3) is 4.83. The van der Waals surface area contributed by atoms with Crippen LogP contribution in [-0.4, -0.2) is 70.7 Å². The van der Waals surface area contributed by atoms with Gasteiger partial charge >= 0.3 is 0 Å². The van der Waals surface area contributed by atoms with E-state index in [0.29, 0.717) is 45.0 Å². The molecule has 0 aliphatic carbocycles. The van der Waals surface area contributed by atoms with Crippen LogP contribution in [0, 0.1) is 0 Å². The van der Waals surface area contributed by atoms with Gasteiger partial charge in [0.2, 0.25) is 5.91 Å². The van der Waals surface area contributed by atoms with E-state index in [1.165, 1.54) is 16.8 Å². The number of carbonyl (C=O) groups excluding carboxylic acids is 2. The lowest BCUT2D eigenvalue weighted by atomic mass is 10.2. The molecule has 1 N–H and O–H groups in total. The van der Waals surface area contributed by atoms with Crippen LogP contribution in [0.1, 0.15) is 23.8 Å². The average Bonchev–Trinajstić information content (AvgIpc) is 2.73. The van der Waals surface area contributed by atoms with E-state index in [1.54, 1.807) is 17.0 Å². The normalized spacial score (nSPS) is 14.7. The average molecular weight is 383 g/mol. The molecule has 0 spiro atoms.